The molecule has 0 aromatic heterocycles. The van der Waals surface area contributed by atoms with Crippen molar-refractivity contribution >= 4 is 29.8 Å². The predicted octanol–water partition coefficient (Wildman–Crippen LogP) is 7.26. The number of benzene rings is 3. The summed E-state index contributed by atoms with van der Waals surface area (Å²) in [6.45, 7) is 8.12. The normalized spacial score (nSPS) is 11.8. The molecule has 1 aliphatic rings. The van der Waals surface area contributed by atoms with Crippen LogP contribution in [0.2, 0.25) is 0 Å². The van der Waals surface area contributed by atoms with Gasteiger partial charge in [0.1, 0.15) is 28.8 Å². The highest BCUT2D eigenvalue weighted by atomic mass is 16.6. The van der Waals surface area contributed by atoms with Crippen LogP contribution in [0.25, 0.3) is 0 Å². The van der Waals surface area contributed by atoms with Gasteiger partial charge in [-0.3, -0.25) is 0 Å². The minimum atomic E-state index is -0.588. The Bertz CT molecular complexity index is 1800. The summed E-state index contributed by atoms with van der Waals surface area (Å²) in [6.07, 6.45) is 8.76. The van der Waals surface area contributed by atoms with Gasteiger partial charge in [0.05, 0.1) is 43.1 Å². The van der Waals surface area contributed by atoms with E-state index >= 15 is 0 Å². The topological polar surface area (TPSA) is 150 Å². The number of ether oxygens (including phenoxy) is 7. The zero-order valence-corrected chi connectivity index (χ0v) is 29.1. The van der Waals surface area contributed by atoms with E-state index in [2.05, 4.69) is 13.2 Å². The third-order valence-electron chi connectivity index (χ3n) is 7.44. The molecule has 0 unspecified atom stereocenters. The molecule has 0 aliphatic heterocycles. The van der Waals surface area contributed by atoms with Crippen LogP contribution in [0.4, 0.5) is 0 Å². The molecule has 276 valence electrons. The molecular formula is C41H40O12. The number of hydrogen-bond donors (Lipinski definition) is 0. The Kier molecular flexibility index (Phi) is 15.6. The van der Waals surface area contributed by atoms with Crippen LogP contribution in [-0.4, -0.2) is 56.3 Å². The van der Waals surface area contributed by atoms with Gasteiger partial charge in [-0.2, -0.15) is 0 Å². The van der Waals surface area contributed by atoms with Gasteiger partial charge in [-0.25, -0.2) is 24.0 Å². The summed E-state index contributed by atoms with van der Waals surface area (Å²) in [6, 6.07) is 19.0. The van der Waals surface area contributed by atoms with Gasteiger partial charge in [-0.15, -0.1) is 0 Å². The van der Waals surface area contributed by atoms with Crippen LogP contribution in [-0.2, 0) is 28.5 Å². The Hall–Kier alpha value is -6.43. The maximum absolute atomic E-state index is 12.7. The van der Waals surface area contributed by atoms with Crippen molar-refractivity contribution in [3.05, 3.63) is 138 Å². The Morgan fingerprint density at radius 3 is 1.17 bits per heavy atom. The Balaban J connectivity index is 1.16. The monoisotopic (exact) mass is 724 g/mol. The summed E-state index contributed by atoms with van der Waals surface area (Å²) in [4.78, 5) is 60.1. The van der Waals surface area contributed by atoms with Gasteiger partial charge in [-0.05, 0) is 111 Å². The third kappa shape index (κ3) is 13.7. The summed E-state index contributed by atoms with van der Waals surface area (Å²) in [5.74, 6) is -0.341. The number of carbonyl (C=O) groups excluding carboxylic acids is 5. The van der Waals surface area contributed by atoms with E-state index in [-0.39, 0.29) is 17.9 Å². The number of hydrogen-bond acceptors (Lipinski definition) is 12. The van der Waals surface area contributed by atoms with E-state index in [0.29, 0.717) is 92.5 Å². The number of allylic oxidation sites excluding steroid dienone is 4. The van der Waals surface area contributed by atoms with Crippen molar-refractivity contribution in [3.63, 3.8) is 0 Å². The lowest BCUT2D eigenvalue weighted by atomic mass is 10.1. The quantitative estimate of drug-likeness (QED) is 0.0379. The second-order valence-corrected chi connectivity index (χ2v) is 11.4. The molecule has 0 N–H and O–H groups in total. The summed E-state index contributed by atoms with van der Waals surface area (Å²) >= 11 is 0. The Morgan fingerprint density at radius 1 is 0.472 bits per heavy atom. The number of carbonyl (C=O) groups is 5. The molecular weight excluding hydrogens is 684 g/mol. The molecule has 0 heterocycles. The molecule has 0 spiro atoms. The number of rotatable bonds is 20. The minimum absolute atomic E-state index is 0.248. The highest BCUT2D eigenvalue weighted by molar-refractivity contribution is 5.92. The molecule has 12 nitrogen and oxygen atoms in total. The van der Waals surface area contributed by atoms with E-state index in [4.69, 9.17) is 33.2 Å². The van der Waals surface area contributed by atoms with Crippen LogP contribution in [0.5, 0.6) is 17.2 Å². The first-order valence-corrected chi connectivity index (χ1v) is 16.9. The van der Waals surface area contributed by atoms with Crippen molar-refractivity contribution in [2.75, 3.05) is 26.4 Å². The van der Waals surface area contributed by atoms with Gasteiger partial charge < -0.3 is 33.2 Å². The molecule has 4 rings (SSSR count). The molecule has 0 radical (unpaired) electrons. The smallest absolute Gasteiger partial charge is 0.343 e. The highest BCUT2D eigenvalue weighted by Crippen LogP contribution is 2.24. The van der Waals surface area contributed by atoms with E-state index < -0.39 is 29.8 Å². The second kappa shape index (κ2) is 21.1. The first-order valence-electron chi connectivity index (χ1n) is 16.9. The molecule has 12 heteroatoms. The second-order valence-electron chi connectivity index (χ2n) is 11.4. The lowest BCUT2D eigenvalue weighted by molar-refractivity contribution is -0.138. The third-order valence-corrected chi connectivity index (χ3v) is 7.44. The van der Waals surface area contributed by atoms with Gasteiger partial charge >= 0.3 is 29.8 Å². The largest absolute Gasteiger partial charge is 0.494 e. The molecule has 0 fully saturated rings. The average Bonchev–Trinajstić information content (AvgIpc) is 3.18. The molecule has 3 aromatic rings. The van der Waals surface area contributed by atoms with Crippen LogP contribution in [0.1, 0.15) is 69.6 Å². The van der Waals surface area contributed by atoms with Gasteiger partial charge in [0.15, 0.2) is 0 Å². The van der Waals surface area contributed by atoms with E-state index in [1.54, 1.807) is 60.7 Å². The zero-order valence-electron chi connectivity index (χ0n) is 29.1. The fourth-order valence-corrected chi connectivity index (χ4v) is 4.58. The van der Waals surface area contributed by atoms with Gasteiger partial charge in [0.2, 0.25) is 0 Å². The Labute approximate surface area is 307 Å². The van der Waals surface area contributed by atoms with E-state index in [9.17, 15) is 24.0 Å². The van der Waals surface area contributed by atoms with Crippen LogP contribution in [0.15, 0.2) is 122 Å². The van der Waals surface area contributed by atoms with Crippen molar-refractivity contribution in [1.82, 2.24) is 0 Å². The average molecular weight is 725 g/mol. The maximum atomic E-state index is 12.7. The van der Waals surface area contributed by atoms with Crippen molar-refractivity contribution in [1.29, 1.82) is 0 Å². The van der Waals surface area contributed by atoms with E-state index in [1.807, 2.05) is 0 Å². The maximum Gasteiger partial charge on any atom is 0.343 e. The van der Waals surface area contributed by atoms with Crippen LogP contribution in [0, 0.1) is 0 Å². The first-order chi connectivity index (χ1) is 25.7. The van der Waals surface area contributed by atoms with Crippen molar-refractivity contribution in [2.45, 2.75) is 38.5 Å². The van der Waals surface area contributed by atoms with E-state index in [0.717, 1.165) is 12.2 Å². The first kappa shape index (κ1) is 39.4. The van der Waals surface area contributed by atoms with Gasteiger partial charge in [-0.1, -0.05) is 13.2 Å². The van der Waals surface area contributed by atoms with Crippen LogP contribution >= 0.6 is 0 Å². The number of unbranched alkanes of at least 4 members (excludes halogenated alkanes) is 2. The van der Waals surface area contributed by atoms with Gasteiger partial charge in [0.25, 0.3) is 0 Å². The SMILES string of the molecule is C=CC(=O)OCCCCOc1ccc(C(=O)OC2=CC=C(OC(=O)c3ccc(OC(=O)c4ccc(OCCCCOC(=O)C=C)cc4)cc3)CC2)cc1. The number of esters is 5. The highest BCUT2D eigenvalue weighted by Gasteiger charge is 2.18. The molecule has 3 aromatic carbocycles. The van der Waals surface area contributed by atoms with Crippen molar-refractivity contribution in [2.24, 2.45) is 0 Å². The molecule has 53 heavy (non-hydrogen) atoms. The lowest BCUT2D eigenvalue weighted by Crippen LogP contribution is -2.11. The predicted molar refractivity (Wildman–Crippen MR) is 192 cm³/mol. The standard InChI is InChI=1S/C41H40O12/c1-3-37(42)49-27-7-5-25-47-32-15-9-29(10-16-32)39(44)51-34-19-13-31(14-20-34)41(46)53-36-23-21-35(22-24-36)52-40(45)30-11-17-33(18-12-30)48-26-6-8-28-50-38(43)4-2/h3-4,9-21,23H,1-2,5-8,22,24-28H2. The molecule has 0 atom stereocenters. The molecule has 0 saturated heterocycles. The van der Waals surface area contributed by atoms with Crippen molar-refractivity contribution < 1.29 is 57.1 Å². The summed E-state index contributed by atoms with van der Waals surface area (Å²) in [7, 11) is 0. The summed E-state index contributed by atoms with van der Waals surface area (Å²) in [5.41, 5.74) is 0.925. The molecule has 1 aliphatic carbocycles. The molecule has 0 amide bonds. The molecule has 0 saturated carbocycles. The van der Waals surface area contributed by atoms with E-state index in [1.165, 1.54) is 24.3 Å². The minimum Gasteiger partial charge on any atom is -0.494 e. The van der Waals surface area contributed by atoms with Crippen LogP contribution in [0.3, 0.4) is 0 Å². The van der Waals surface area contributed by atoms with Crippen LogP contribution < -0.4 is 14.2 Å². The Morgan fingerprint density at radius 2 is 0.811 bits per heavy atom. The summed E-state index contributed by atoms with van der Waals surface area (Å²) < 4.78 is 37.6. The molecule has 0 bridgehead atoms. The van der Waals surface area contributed by atoms with Gasteiger partial charge in [0, 0.05) is 25.0 Å². The fourth-order valence-electron chi connectivity index (χ4n) is 4.58. The lowest BCUT2D eigenvalue weighted by Gasteiger charge is -2.15. The zero-order chi connectivity index (χ0) is 37.8. The summed E-state index contributed by atoms with van der Waals surface area (Å²) in [5, 5.41) is 0. The fraction of sp³-hybridized carbons (Fsp3) is 0.244. The van der Waals surface area contributed by atoms with Crippen molar-refractivity contribution in [3.8, 4) is 17.2 Å².